The molecule has 0 bridgehead atoms. The summed E-state index contributed by atoms with van der Waals surface area (Å²) in [6.45, 7) is 3.87. The first kappa shape index (κ1) is 28.0. The van der Waals surface area contributed by atoms with Crippen LogP contribution in [0.3, 0.4) is 0 Å². The second-order valence-electron chi connectivity index (χ2n) is 10.9. The number of hydrogen-bond donors (Lipinski definition) is 3. The second kappa shape index (κ2) is 12.0. The van der Waals surface area contributed by atoms with E-state index >= 15 is 0 Å². The van der Waals surface area contributed by atoms with E-state index < -0.39 is 0 Å². The van der Waals surface area contributed by atoms with Crippen LogP contribution in [0.1, 0.15) is 28.9 Å². The molecule has 0 saturated carbocycles. The summed E-state index contributed by atoms with van der Waals surface area (Å²) < 4.78 is 8.71. The van der Waals surface area contributed by atoms with Gasteiger partial charge in [-0.25, -0.2) is 4.98 Å². The third-order valence-corrected chi connectivity index (χ3v) is 9.33. The number of aryl methyl sites for hydroxylation is 1. The first-order chi connectivity index (χ1) is 20.5. The molecule has 5 aromatic rings. The van der Waals surface area contributed by atoms with Crippen LogP contribution >= 0.6 is 11.3 Å². The Morgan fingerprint density at radius 2 is 2.00 bits per heavy atom. The maximum absolute atomic E-state index is 13.2. The molecular formula is C33H36N6O2S. The van der Waals surface area contributed by atoms with E-state index in [1.54, 1.807) is 18.4 Å². The number of ether oxygens (including phenoxy) is 1. The van der Waals surface area contributed by atoms with E-state index in [1.807, 2.05) is 66.3 Å². The minimum Gasteiger partial charge on any atom is -0.495 e. The van der Waals surface area contributed by atoms with Gasteiger partial charge in [0, 0.05) is 51.9 Å². The smallest absolute Gasteiger partial charge is 0.272 e. The van der Waals surface area contributed by atoms with Crippen molar-refractivity contribution in [2.75, 3.05) is 44.3 Å². The van der Waals surface area contributed by atoms with Crippen molar-refractivity contribution < 1.29 is 9.53 Å². The average molecular weight is 581 g/mol. The number of methoxy groups -OCH3 is 1. The predicted octanol–water partition coefficient (Wildman–Crippen LogP) is 5.98. The number of carbonyl (C=O) groups is 1. The lowest BCUT2D eigenvalue weighted by Crippen LogP contribution is -2.36. The number of pyridine rings is 1. The van der Waals surface area contributed by atoms with Gasteiger partial charge in [-0.2, -0.15) is 0 Å². The summed E-state index contributed by atoms with van der Waals surface area (Å²) in [7, 11) is 3.50. The largest absolute Gasteiger partial charge is 0.495 e. The minimum absolute atomic E-state index is 0.200. The van der Waals surface area contributed by atoms with Crippen LogP contribution in [0.15, 0.2) is 66.2 Å². The van der Waals surface area contributed by atoms with Gasteiger partial charge in [-0.15, -0.1) is 11.3 Å². The highest BCUT2D eigenvalue weighted by Gasteiger charge is 2.19. The maximum Gasteiger partial charge on any atom is 0.272 e. The fourth-order valence-corrected chi connectivity index (χ4v) is 6.89. The van der Waals surface area contributed by atoms with Crippen molar-refractivity contribution in [2.24, 2.45) is 18.7 Å². The molecule has 2 aromatic carbocycles. The quantitative estimate of drug-likeness (QED) is 0.208. The van der Waals surface area contributed by atoms with E-state index in [2.05, 4.69) is 32.7 Å². The van der Waals surface area contributed by atoms with E-state index in [9.17, 15) is 4.79 Å². The molecule has 4 heterocycles. The van der Waals surface area contributed by atoms with E-state index in [1.165, 1.54) is 12.8 Å². The van der Waals surface area contributed by atoms with E-state index in [0.717, 1.165) is 63.9 Å². The number of nitrogens with one attached hydrogen (secondary N) is 1. The monoisotopic (exact) mass is 580 g/mol. The Morgan fingerprint density at radius 1 is 1.19 bits per heavy atom. The van der Waals surface area contributed by atoms with Gasteiger partial charge in [0.2, 0.25) is 0 Å². The molecule has 1 aliphatic rings. The number of amides is 1. The molecule has 3 aromatic heterocycles. The Bertz CT molecular complexity index is 1780. The van der Waals surface area contributed by atoms with Crippen molar-refractivity contribution in [3.05, 3.63) is 77.4 Å². The molecule has 1 amide bonds. The summed E-state index contributed by atoms with van der Waals surface area (Å²) in [5.74, 6) is 1.52. The molecule has 0 unspecified atom stereocenters. The normalized spacial score (nSPS) is 14.7. The third kappa shape index (κ3) is 5.38. The van der Waals surface area contributed by atoms with Crippen molar-refractivity contribution in [1.82, 2.24) is 14.5 Å². The molecule has 0 atom stereocenters. The van der Waals surface area contributed by atoms with E-state index in [4.69, 9.17) is 16.2 Å². The Labute approximate surface area is 249 Å². The van der Waals surface area contributed by atoms with Gasteiger partial charge >= 0.3 is 0 Å². The highest BCUT2D eigenvalue weighted by molar-refractivity contribution is 7.18. The highest BCUT2D eigenvalue weighted by atomic mass is 32.1. The van der Waals surface area contributed by atoms with Crippen molar-refractivity contribution >= 4 is 55.8 Å². The summed E-state index contributed by atoms with van der Waals surface area (Å²) >= 11 is 1.66. The van der Waals surface area contributed by atoms with Gasteiger partial charge in [-0.05, 0) is 73.6 Å². The number of rotatable bonds is 8. The molecule has 8 nitrogen and oxygen atoms in total. The number of fused-ring (bicyclic) bond motifs is 2. The van der Waals surface area contributed by atoms with Crippen LogP contribution in [0.4, 0.5) is 11.5 Å². The van der Waals surface area contributed by atoms with Gasteiger partial charge in [-0.1, -0.05) is 36.4 Å². The third-order valence-electron chi connectivity index (χ3n) is 8.30. The topological polar surface area (TPSA) is 111 Å². The SMILES string of the molecule is COc1cc(-c2csc3c(/C=C/CN4CCC(CN)CC4)cnc(N)c23)ccc1NC(=O)c1cc2ccccc2n1C. The van der Waals surface area contributed by atoms with Gasteiger partial charge in [-0.3, -0.25) is 9.69 Å². The first-order valence-corrected chi connectivity index (χ1v) is 15.1. The fraction of sp³-hybridized carbons (Fsp3) is 0.273. The molecule has 1 saturated heterocycles. The molecule has 0 aliphatic carbocycles. The summed E-state index contributed by atoms with van der Waals surface area (Å²) in [5.41, 5.74) is 17.4. The first-order valence-electron chi connectivity index (χ1n) is 14.3. The maximum atomic E-state index is 13.2. The van der Waals surface area contributed by atoms with Gasteiger partial charge < -0.3 is 26.1 Å². The van der Waals surface area contributed by atoms with Crippen molar-refractivity contribution in [1.29, 1.82) is 0 Å². The lowest BCUT2D eigenvalue weighted by atomic mass is 9.97. The van der Waals surface area contributed by atoms with Crippen LogP contribution < -0.4 is 21.5 Å². The number of anilines is 2. The number of nitrogens with zero attached hydrogens (tertiary/aromatic N) is 3. The molecule has 42 heavy (non-hydrogen) atoms. The second-order valence-corrected chi connectivity index (χ2v) is 11.7. The van der Waals surface area contributed by atoms with Gasteiger partial charge in [0.15, 0.2) is 0 Å². The van der Waals surface area contributed by atoms with Crippen molar-refractivity contribution in [3.63, 3.8) is 0 Å². The summed E-state index contributed by atoms with van der Waals surface area (Å²) in [6.07, 6.45) is 8.55. The van der Waals surface area contributed by atoms with Crippen molar-refractivity contribution in [3.8, 4) is 16.9 Å². The molecule has 0 spiro atoms. The Morgan fingerprint density at radius 3 is 2.76 bits per heavy atom. The molecular weight excluding hydrogens is 544 g/mol. The number of nitrogen functional groups attached to an aromatic ring is 1. The number of aromatic nitrogens is 2. The molecule has 0 radical (unpaired) electrons. The van der Waals surface area contributed by atoms with Gasteiger partial charge in [0.1, 0.15) is 17.3 Å². The Hall–Kier alpha value is -4.18. The van der Waals surface area contributed by atoms with Crippen LogP contribution in [0.2, 0.25) is 0 Å². The van der Waals surface area contributed by atoms with Crippen LogP contribution in [0.25, 0.3) is 38.2 Å². The van der Waals surface area contributed by atoms with Gasteiger partial charge in [0.25, 0.3) is 5.91 Å². The molecule has 1 aliphatic heterocycles. The van der Waals surface area contributed by atoms with Crippen molar-refractivity contribution in [2.45, 2.75) is 12.8 Å². The predicted molar refractivity (Wildman–Crippen MR) is 174 cm³/mol. The number of nitrogens with two attached hydrogens (primary N) is 2. The zero-order valence-electron chi connectivity index (χ0n) is 24.0. The molecule has 5 N–H and O–H groups in total. The number of carbonyl (C=O) groups excluding carboxylic acids is 1. The van der Waals surface area contributed by atoms with E-state index in [-0.39, 0.29) is 5.91 Å². The zero-order chi connectivity index (χ0) is 29.2. The van der Waals surface area contributed by atoms with E-state index in [0.29, 0.717) is 28.9 Å². The lowest BCUT2D eigenvalue weighted by Gasteiger charge is -2.30. The zero-order valence-corrected chi connectivity index (χ0v) is 24.8. The summed E-state index contributed by atoms with van der Waals surface area (Å²) in [5, 5.41) is 7.09. The van der Waals surface area contributed by atoms with Crippen LogP contribution in [-0.2, 0) is 7.05 Å². The lowest BCUT2D eigenvalue weighted by molar-refractivity contribution is 0.101. The Kier molecular flexibility index (Phi) is 7.97. The standard InChI is InChI=1S/C33H36N6O2S/c1-38-27-8-4-3-6-23(27)16-28(38)33(40)37-26-10-9-22(17-29(26)41-2)25-20-42-31-24(19-36-32(35)30(25)31)7-5-13-39-14-11-21(18-34)12-15-39/h3-10,16-17,19-21H,11-15,18,34H2,1-2H3,(H2,35,36)(H,37,40)/b7-5+. The highest BCUT2D eigenvalue weighted by Crippen LogP contribution is 2.41. The molecule has 216 valence electrons. The number of hydrogen-bond acceptors (Lipinski definition) is 7. The Balaban J connectivity index is 1.23. The van der Waals surface area contributed by atoms with Crippen LogP contribution in [0.5, 0.6) is 5.75 Å². The molecule has 1 fully saturated rings. The van der Waals surface area contributed by atoms with Crippen LogP contribution in [0, 0.1) is 5.92 Å². The molecule has 6 rings (SSSR count). The number of benzene rings is 2. The summed E-state index contributed by atoms with van der Waals surface area (Å²) in [6, 6.07) is 15.6. The molecule has 9 heteroatoms. The van der Waals surface area contributed by atoms with Gasteiger partial charge in [0.05, 0.1) is 12.8 Å². The number of piperidine rings is 1. The summed E-state index contributed by atoms with van der Waals surface area (Å²) in [4.78, 5) is 20.2. The number of para-hydroxylation sites is 1. The fourth-order valence-electron chi connectivity index (χ4n) is 5.81. The van der Waals surface area contributed by atoms with Crippen LogP contribution in [-0.4, -0.2) is 53.6 Å². The minimum atomic E-state index is -0.200. The number of likely N-dealkylation sites (tertiary alicyclic amines) is 1. The average Bonchev–Trinajstić information content (AvgIpc) is 3.62. The number of thiophene rings is 1.